The summed E-state index contributed by atoms with van der Waals surface area (Å²) in [6, 6.07) is 0. The van der Waals surface area contributed by atoms with Crippen molar-refractivity contribution in [2.24, 2.45) is 46.3 Å². The molecule has 0 radical (unpaired) electrons. The minimum Gasteiger partial charge on any atom is -0.394 e. The quantitative estimate of drug-likeness (QED) is 0.112. The molecule has 318 valence electrons. The van der Waals surface area contributed by atoms with E-state index in [2.05, 4.69) is 20.8 Å². The zero-order valence-electron chi connectivity index (χ0n) is 32.4. The van der Waals surface area contributed by atoms with Gasteiger partial charge in [0.05, 0.1) is 43.7 Å². The van der Waals surface area contributed by atoms with Crippen LogP contribution >= 0.6 is 0 Å². The molecule has 4 aliphatic carbocycles. The molecule has 4 saturated carbocycles. The summed E-state index contributed by atoms with van der Waals surface area (Å²) in [6.45, 7) is 7.46. The zero-order valence-corrected chi connectivity index (χ0v) is 32.4. The fraction of sp³-hybridized carbons (Fsp3) is 1.00. The van der Waals surface area contributed by atoms with Gasteiger partial charge in [-0.25, -0.2) is 0 Å². The van der Waals surface area contributed by atoms with Gasteiger partial charge in [0.15, 0.2) is 18.4 Å². The highest BCUT2D eigenvalue weighted by Gasteiger charge is 2.70. The molecule has 16 heteroatoms. The first-order chi connectivity index (χ1) is 25.8. The van der Waals surface area contributed by atoms with Gasteiger partial charge in [-0.3, -0.25) is 0 Å². The second kappa shape index (κ2) is 15.4. The predicted octanol–water partition coefficient (Wildman–Crippen LogP) is -1.52. The standard InChI is InChI=1S/C39H66O16/c1-17(16-51-34-32(47)30(45)28(43)25(14-40)53-34)5-10-39(50)18(2)27-23(55-39)11-21-19-6-9-38(49)13-24(52-35-33(48)31(46)29(44)26(15-41)54-35)22(42)12-37(38,4)20(19)7-8-36(21,27)3/h17-35,40-50H,5-16H2,1-4H3. The van der Waals surface area contributed by atoms with E-state index in [0.717, 1.165) is 25.7 Å². The summed E-state index contributed by atoms with van der Waals surface area (Å²) >= 11 is 0. The Morgan fingerprint density at radius 3 is 2.02 bits per heavy atom. The molecule has 3 saturated heterocycles. The molecule has 16 nitrogen and oxygen atoms in total. The van der Waals surface area contributed by atoms with E-state index < -0.39 is 104 Å². The van der Waals surface area contributed by atoms with Crippen molar-refractivity contribution in [2.75, 3.05) is 19.8 Å². The molecule has 3 heterocycles. The van der Waals surface area contributed by atoms with Crippen LogP contribution in [0.15, 0.2) is 0 Å². The summed E-state index contributed by atoms with van der Waals surface area (Å²) in [4.78, 5) is 0. The van der Waals surface area contributed by atoms with Crippen molar-refractivity contribution in [3.8, 4) is 0 Å². The second-order valence-corrected chi connectivity index (χ2v) is 19.0. The normalized spacial score (nSPS) is 57.0. The van der Waals surface area contributed by atoms with Crippen molar-refractivity contribution in [1.29, 1.82) is 0 Å². The number of rotatable bonds is 10. The summed E-state index contributed by atoms with van der Waals surface area (Å²) in [6.07, 6.45) is -10.9. The molecule has 0 spiro atoms. The predicted molar refractivity (Wildman–Crippen MR) is 189 cm³/mol. The van der Waals surface area contributed by atoms with E-state index in [1.165, 1.54) is 0 Å². The summed E-state index contributed by atoms with van der Waals surface area (Å²) in [5.74, 6) is -0.693. The molecule has 7 aliphatic rings. The van der Waals surface area contributed by atoms with Crippen molar-refractivity contribution in [2.45, 2.75) is 177 Å². The molecule has 3 aliphatic heterocycles. The number of aliphatic hydroxyl groups is 11. The van der Waals surface area contributed by atoms with Crippen LogP contribution in [-0.4, -0.2) is 167 Å². The smallest absolute Gasteiger partial charge is 0.187 e. The number of aliphatic hydroxyl groups excluding tert-OH is 9. The van der Waals surface area contributed by atoms with E-state index in [1.807, 2.05) is 6.92 Å². The number of ether oxygens (including phenoxy) is 5. The fourth-order valence-electron chi connectivity index (χ4n) is 12.7. The van der Waals surface area contributed by atoms with Crippen LogP contribution in [0.2, 0.25) is 0 Å². The van der Waals surface area contributed by atoms with Crippen LogP contribution in [0.25, 0.3) is 0 Å². The highest BCUT2D eigenvalue weighted by Crippen LogP contribution is 2.71. The fourth-order valence-corrected chi connectivity index (χ4v) is 12.7. The lowest BCUT2D eigenvalue weighted by Gasteiger charge is -2.65. The van der Waals surface area contributed by atoms with Gasteiger partial charge in [-0.15, -0.1) is 0 Å². The van der Waals surface area contributed by atoms with Gasteiger partial charge in [-0.2, -0.15) is 0 Å². The average Bonchev–Trinajstić information content (AvgIpc) is 3.58. The third-order valence-electron chi connectivity index (χ3n) is 16.0. The van der Waals surface area contributed by atoms with Gasteiger partial charge in [0, 0.05) is 24.2 Å². The third-order valence-corrected chi connectivity index (χ3v) is 16.0. The van der Waals surface area contributed by atoms with Crippen molar-refractivity contribution in [3.63, 3.8) is 0 Å². The monoisotopic (exact) mass is 790 g/mol. The molecule has 0 amide bonds. The molecule has 23 unspecified atom stereocenters. The molecular formula is C39H66O16. The number of hydrogen-bond donors (Lipinski definition) is 11. The van der Waals surface area contributed by atoms with E-state index >= 15 is 0 Å². The van der Waals surface area contributed by atoms with E-state index in [4.69, 9.17) is 23.7 Å². The molecule has 0 aromatic heterocycles. The van der Waals surface area contributed by atoms with E-state index in [1.54, 1.807) is 0 Å². The minimum absolute atomic E-state index is 0.0683. The maximum atomic E-state index is 12.4. The van der Waals surface area contributed by atoms with Gasteiger partial charge in [0.1, 0.15) is 48.8 Å². The first-order valence-electron chi connectivity index (χ1n) is 20.5. The Balaban J connectivity index is 0.964. The second-order valence-electron chi connectivity index (χ2n) is 19.0. The largest absolute Gasteiger partial charge is 0.394 e. The Kier molecular flexibility index (Phi) is 11.9. The van der Waals surface area contributed by atoms with Crippen molar-refractivity contribution in [3.05, 3.63) is 0 Å². The summed E-state index contributed by atoms with van der Waals surface area (Å²) in [7, 11) is 0. The topological polar surface area (TPSA) is 269 Å². The molecule has 7 rings (SSSR count). The van der Waals surface area contributed by atoms with Crippen molar-refractivity contribution < 1.29 is 79.9 Å². The van der Waals surface area contributed by atoms with Crippen LogP contribution in [0.3, 0.4) is 0 Å². The Hall–Kier alpha value is -0.640. The maximum absolute atomic E-state index is 12.4. The van der Waals surface area contributed by atoms with Crippen LogP contribution in [0.5, 0.6) is 0 Å². The number of fused-ring (bicyclic) bond motifs is 7. The van der Waals surface area contributed by atoms with Crippen molar-refractivity contribution in [1.82, 2.24) is 0 Å². The van der Waals surface area contributed by atoms with Crippen LogP contribution in [0.4, 0.5) is 0 Å². The first-order valence-corrected chi connectivity index (χ1v) is 20.5. The highest BCUT2D eigenvalue weighted by atomic mass is 16.7. The van der Waals surface area contributed by atoms with Gasteiger partial charge in [0.25, 0.3) is 0 Å². The van der Waals surface area contributed by atoms with Gasteiger partial charge in [-0.1, -0.05) is 27.7 Å². The Morgan fingerprint density at radius 1 is 0.764 bits per heavy atom. The van der Waals surface area contributed by atoms with Crippen LogP contribution in [0, 0.1) is 46.3 Å². The Labute approximate surface area is 322 Å². The third kappa shape index (κ3) is 6.95. The van der Waals surface area contributed by atoms with E-state index in [0.29, 0.717) is 25.2 Å². The van der Waals surface area contributed by atoms with Crippen LogP contribution in [-0.2, 0) is 23.7 Å². The van der Waals surface area contributed by atoms with Crippen molar-refractivity contribution >= 4 is 0 Å². The summed E-state index contributed by atoms with van der Waals surface area (Å²) < 4.78 is 29.4. The number of hydrogen-bond acceptors (Lipinski definition) is 16. The minimum atomic E-state index is -1.61. The molecule has 0 aromatic rings. The zero-order chi connectivity index (χ0) is 40.0. The molecule has 55 heavy (non-hydrogen) atoms. The summed E-state index contributed by atoms with van der Waals surface area (Å²) in [5, 5.41) is 116. The van der Waals surface area contributed by atoms with Gasteiger partial charge in [0.2, 0.25) is 0 Å². The van der Waals surface area contributed by atoms with E-state index in [9.17, 15) is 56.2 Å². The molecule has 0 bridgehead atoms. The molecule has 23 atom stereocenters. The first kappa shape index (κ1) is 42.5. The SMILES string of the molecule is CC(CCC1(O)OC2CC3C4CCC5(O)CC(OC6OC(CO)C(O)C(O)C6O)C(O)CC5(C)C4CCC3(C)C2C1C)COC1OC(CO)C(O)C(O)C1O. The molecule has 0 aromatic carbocycles. The van der Waals surface area contributed by atoms with Crippen LogP contribution in [0.1, 0.15) is 85.5 Å². The highest BCUT2D eigenvalue weighted by molar-refractivity contribution is 5.18. The van der Waals surface area contributed by atoms with Crippen LogP contribution < -0.4 is 0 Å². The maximum Gasteiger partial charge on any atom is 0.187 e. The molecule has 7 fully saturated rings. The van der Waals surface area contributed by atoms with Gasteiger partial charge < -0.3 is 79.9 Å². The lowest BCUT2D eigenvalue weighted by atomic mass is 9.42. The lowest BCUT2D eigenvalue weighted by Crippen LogP contribution is -2.67. The lowest BCUT2D eigenvalue weighted by molar-refractivity contribution is -0.333. The summed E-state index contributed by atoms with van der Waals surface area (Å²) in [5.41, 5.74) is -1.88. The molecular weight excluding hydrogens is 724 g/mol. The van der Waals surface area contributed by atoms with E-state index in [-0.39, 0.29) is 60.6 Å². The van der Waals surface area contributed by atoms with Gasteiger partial charge in [-0.05, 0) is 80.0 Å². The molecule has 11 N–H and O–H groups in total. The Bertz CT molecular complexity index is 1340. The average molecular weight is 791 g/mol. The van der Waals surface area contributed by atoms with Gasteiger partial charge >= 0.3 is 0 Å². The Morgan fingerprint density at radius 2 is 1.38 bits per heavy atom.